The molecule has 0 aromatic carbocycles. The van der Waals surface area contributed by atoms with Gasteiger partial charge < -0.3 is 15.9 Å². The quantitative estimate of drug-likeness (QED) is 0.437. The van der Waals surface area contributed by atoms with E-state index < -0.39 is 11.9 Å². The van der Waals surface area contributed by atoms with Gasteiger partial charge in [0.2, 0.25) is 0 Å². The maximum atomic E-state index is 9.10. The Labute approximate surface area is 129 Å². The first-order valence-electron chi connectivity index (χ1n) is 1.11. The monoisotopic (exact) mass is 320 g/mol. The molecule has 0 saturated heterocycles. The van der Waals surface area contributed by atoms with E-state index in [9.17, 15) is 0 Å². The van der Waals surface area contributed by atoms with E-state index >= 15 is 0 Å². The molecule has 0 aliphatic rings. The third kappa shape index (κ3) is 10.9. The predicted octanol–water partition coefficient (Wildman–Crippen LogP) is -1.16. The molecule has 0 radical (unpaired) electrons. The maximum Gasteiger partial charge on any atom is 2.00 e. The van der Waals surface area contributed by atoms with Crippen LogP contribution >= 0.6 is 0 Å². The largest absolute Gasteiger partial charge is 2.00 e. The molecule has 0 aromatic rings. The minimum Gasteiger partial charge on any atom is -1.00 e. The third-order valence-electron chi connectivity index (χ3n) is 0.183. The standard InChI is InChI=1S/C2H2O4.Ba.Sr.4H/c3-1(4)2(5)6;;;;;;/h(H,3,4)(H,5,6);;;;;;/q;2*+2;4*-1. The summed E-state index contributed by atoms with van der Waals surface area (Å²) in [4.78, 5) is 18.2. The Kier molecular flexibility index (Phi) is 18.6. The normalized spacial score (nSPS) is 5.50. The average Bonchev–Trinajstić information content (AvgIpc) is 1.36. The number of hydrogen-bond acceptors (Lipinski definition) is 2. The van der Waals surface area contributed by atoms with E-state index in [1.54, 1.807) is 0 Å². The molecule has 0 fully saturated rings. The molecule has 2 N–H and O–H groups in total. The Morgan fingerprint density at radius 2 is 1.25 bits per heavy atom. The number of carbonyl (C=O) groups is 2. The van der Waals surface area contributed by atoms with Gasteiger partial charge in [-0.3, -0.25) is 0 Å². The van der Waals surface area contributed by atoms with Crippen LogP contribution in [0.2, 0.25) is 0 Å². The molecule has 0 rings (SSSR count). The van der Waals surface area contributed by atoms with Crippen molar-refractivity contribution in [2.24, 2.45) is 0 Å². The molecule has 6 heteroatoms. The van der Waals surface area contributed by atoms with E-state index in [1.165, 1.54) is 0 Å². The Morgan fingerprint density at radius 1 is 1.12 bits per heavy atom. The SMILES string of the molecule is O=C(O)C(=O)O.[Ba+2].[H-].[H-].[H-].[H-].[Sr+2]. The van der Waals surface area contributed by atoms with Crippen molar-refractivity contribution in [1.29, 1.82) is 0 Å². The second-order valence-electron chi connectivity index (χ2n) is 0.610. The van der Waals surface area contributed by atoms with Crippen molar-refractivity contribution in [3.05, 3.63) is 0 Å². The van der Waals surface area contributed by atoms with Crippen LogP contribution in [0.1, 0.15) is 5.71 Å². The molecule has 0 bridgehead atoms. The summed E-state index contributed by atoms with van der Waals surface area (Å²) in [6.07, 6.45) is 0. The van der Waals surface area contributed by atoms with Crippen molar-refractivity contribution >= 4 is 106 Å². The van der Waals surface area contributed by atoms with Gasteiger partial charge in [-0.25, -0.2) is 9.59 Å². The van der Waals surface area contributed by atoms with Gasteiger partial charge in [0.05, 0.1) is 0 Å². The van der Waals surface area contributed by atoms with E-state index in [1.807, 2.05) is 0 Å². The summed E-state index contributed by atoms with van der Waals surface area (Å²) in [6, 6.07) is 0. The zero-order valence-electron chi connectivity index (χ0n) is 8.13. The smallest absolute Gasteiger partial charge is 1.00 e. The van der Waals surface area contributed by atoms with Crippen LogP contribution in [0.3, 0.4) is 0 Å². The van der Waals surface area contributed by atoms with Crippen LogP contribution in [0, 0.1) is 0 Å². The summed E-state index contributed by atoms with van der Waals surface area (Å²) in [7, 11) is 0. The summed E-state index contributed by atoms with van der Waals surface area (Å²) in [5.41, 5.74) is 0. The molecule has 0 aliphatic carbocycles. The number of aliphatic carboxylic acids is 2. The number of carboxylic acid groups (broad SMARTS) is 2. The molecule has 0 saturated carbocycles. The van der Waals surface area contributed by atoms with E-state index in [-0.39, 0.29) is 100 Å². The van der Waals surface area contributed by atoms with Crippen LogP contribution < -0.4 is 0 Å². The van der Waals surface area contributed by atoms with Gasteiger partial charge in [0.1, 0.15) is 0 Å². The molecule has 0 heterocycles. The first kappa shape index (κ1) is 16.5. The Morgan fingerprint density at radius 3 is 1.25 bits per heavy atom. The van der Waals surface area contributed by atoms with Gasteiger partial charge in [-0.1, -0.05) is 0 Å². The van der Waals surface area contributed by atoms with E-state index in [0.29, 0.717) is 0 Å². The van der Waals surface area contributed by atoms with Crippen molar-refractivity contribution in [2.45, 2.75) is 0 Å². The van der Waals surface area contributed by atoms with Gasteiger partial charge in [0, 0.05) is 0 Å². The molecule has 8 heavy (non-hydrogen) atoms. The zero-order valence-corrected chi connectivity index (χ0v) is 12.0. The average molecular weight is 319 g/mol. The minimum absolute atomic E-state index is 0. The summed E-state index contributed by atoms with van der Waals surface area (Å²) in [5, 5.41) is 14.8. The number of hydrogen-bond donors (Lipinski definition) is 2. The van der Waals surface area contributed by atoms with Gasteiger partial charge in [-0.2, -0.15) is 0 Å². The second-order valence-corrected chi connectivity index (χ2v) is 0.610. The fourth-order valence-corrected chi connectivity index (χ4v) is 0. The summed E-state index contributed by atoms with van der Waals surface area (Å²) in [6.45, 7) is 0. The number of carboxylic acids is 2. The van der Waals surface area contributed by atoms with Gasteiger partial charge in [0.25, 0.3) is 0 Å². The van der Waals surface area contributed by atoms with Gasteiger partial charge in [-0.05, 0) is 0 Å². The van der Waals surface area contributed by atoms with Gasteiger partial charge in [0.15, 0.2) is 0 Å². The fourth-order valence-electron chi connectivity index (χ4n) is 0. The second kappa shape index (κ2) is 8.99. The summed E-state index contributed by atoms with van der Waals surface area (Å²) >= 11 is 0. The Hall–Kier alpha value is 1.99. The molecule has 4 nitrogen and oxygen atoms in total. The van der Waals surface area contributed by atoms with Crippen LogP contribution in [0.4, 0.5) is 0 Å². The molecule has 0 aliphatic heterocycles. The van der Waals surface area contributed by atoms with Crippen LogP contribution in [-0.4, -0.2) is 117 Å². The zero-order chi connectivity index (χ0) is 5.15. The molecule has 0 aromatic heterocycles. The van der Waals surface area contributed by atoms with Crippen LogP contribution in [-0.2, 0) is 9.59 Å². The fraction of sp³-hybridized carbons (Fsp3) is 0. The van der Waals surface area contributed by atoms with E-state index in [2.05, 4.69) is 0 Å². The Balaban J connectivity index is -0.00000000833. The maximum absolute atomic E-state index is 9.10. The summed E-state index contributed by atoms with van der Waals surface area (Å²) in [5.74, 6) is -3.65. The first-order valence-corrected chi connectivity index (χ1v) is 1.11. The third-order valence-corrected chi connectivity index (χ3v) is 0.183. The molecular formula is C2H6BaO4Sr. The Bertz CT molecular complexity index is 91.1. The molecular weight excluding hydrogens is 313 g/mol. The first-order chi connectivity index (χ1) is 2.64. The molecule has 0 unspecified atom stereocenters. The van der Waals surface area contributed by atoms with Gasteiger partial charge >= 0.3 is 106 Å². The predicted molar refractivity (Wildman–Crippen MR) is 31.2 cm³/mol. The van der Waals surface area contributed by atoms with Crippen molar-refractivity contribution in [1.82, 2.24) is 0 Å². The van der Waals surface area contributed by atoms with Gasteiger partial charge in [-0.15, -0.1) is 0 Å². The molecule has 0 atom stereocenters. The topological polar surface area (TPSA) is 74.6 Å². The van der Waals surface area contributed by atoms with Crippen molar-refractivity contribution < 1.29 is 25.5 Å². The minimum atomic E-state index is -1.82. The van der Waals surface area contributed by atoms with Crippen LogP contribution in [0.5, 0.6) is 0 Å². The van der Waals surface area contributed by atoms with E-state index in [4.69, 9.17) is 19.8 Å². The van der Waals surface area contributed by atoms with Crippen molar-refractivity contribution in [3.8, 4) is 0 Å². The number of rotatable bonds is 0. The van der Waals surface area contributed by atoms with Crippen molar-refractivity contribution in [2.75, 3.05) is 0 Å². The van der Waals surface area contributed by atoms with Crippen LogP contribution in [0.25, 0.3) is 0 Å². The van der Waals surface area contributed by atoms with Crippen molar-refractivity contribution in [3.63, 3.8) is 0 Å². The van der Waals surface area contributed by atoms with E-state index in [0.717, 1.165) is 0 Å². The molecule has 0 spiro atoms. The molecule has 0 amide bonds. The van der Waals surface area contributed by atoms with Crippen LogP contribution in [0.15, 0.2) is 0 Å². The molecule has 42 valence electrons. The summed E-state index contributed by atoms with van der Waals surface area (Å²) < 4.78 is 0.